The Labute approximate surface area is 113 Å². The molecule has 104 valence electrons. The molecule has 1 aromatic carbocycles. The van der Waals surface area contributed by atoms with Gasteiger partial charge in [-0.1, -0.05) is 18.9 Å². The number of benzene rings is 1. The van der Waals surface area contributed by atoms with Gasteiger partial charge in [0.1, 0.15) is 5.82 Å². The second kappa shape index (κ2) is 6.04. The van der Waals surface area contributed by atoms with E-state index in [0.29, 0.717) is 11.5 Å². The predicted octanol–water partition coefficient (Wildman–Crippen LogP) is 3.13. The summed E-state index contributed by atoms with van der Waals surface area (Å²) >= 11 is 0. The second-order valence-electron chi connectivity index (χ2n) is 5.25. The number of rotatable bonds is 4. The molecule has 1 aromatic rings. The van der Waals surface area contributed by atoms with Crippen molar-refractivity contribution in [2.45, 2.75) is 25.7 Å². The SMILES string of the molecule is CNc1c(F)cccc1C(=O)N(C)CC1CCCC1. The van der Waals surface area contributed by atoms with Crippen molar-refractivity contribution in [2.75, 3.05) is 26.0 Å². The molecule has 0 spiro atoms. The first-order valence-electron chi connectivity index (χ1n) is 6.85. The van der Waals surface area contributed by atoms with E-state index in [-0.39, 0.29) is 17.4 Å². The molecule has 1 amide bonds. The predicted molar refractivity (Wildman–Crippen MR) is 74.9 cm³/mol. The van der Waals surface area contributed by atoms with Crippen LogP contribution < -0.4 is 5.32 Å². The van der Waals surface area contributed by atoms with Gasteiger partial charge >= 0.3 is 0 Å². The quantitative estimate of drug-likeness (QED) is 0.906. The van der Waals surface area contributed by atoms with Crippen LogP contribution in [0, 0.1) is 11.7 Å². The van der Waals surface area contributed by atoms with Crippen LogP contribution >= 0.6 is 0 Å². The van der Waals surface area contributed by atoms with E-state index >= 15 is 0 Å². The fraction of sp³-hybridized carbons (Fsp3) is 0.533. The molecule has 0 aromatic heterocycles. The molecule has 0 aliphatic heterocycles. The lowest BCUT2D eigenvalue weighted by Gasteiger charge is -2.22. The number of carbonyl (C=O) groups is 1. The summed E-state index contributed by atoms with van der Waals surface area (Å²) in [7, 11) is 3.43. The minimum absolute atomic E-state index is 0.115. The highest BCUT2D eigenvalue weighted by molar-refractivity contribution is 5.99. The third-order valence-electron chi connectivity index (χ3n) is 3.85. The van der Waals surface area contributed by atoms with Crippen LogP contribution in [-0.2, 0) is 0 Å². The topological polar surface area (TPSA) is 32.3 Å². The van der Waals surface area contributed by atoms with Gasteiger partial charge in [0.05, 0.1) is 11.3 Å². The molecule has 3 nitrogen and oxygen atoms in total. The molecule has 0 bridgehead atoms. The van der Waals surface area contributed by atoms with E-state index in [1.165, 1.54) is 31.7 Å². The Morgan fingerprint density at radius 1 is 1.42 bits per heavy atom. The van der Waals surface area contributed by atoms with Gasteiger partial charge in [-0.2, -0.15) is 0 Å². The molecule has 1 fully saturated rings. The molecular formula is C15H21FN2O. The molecule has 1 aliphatic rings. The molecule has 2 rings (SSSR count). The number of hydrogen-bond donors (Lipinski definition) is 1. The van der Waals surface area contributed by atoms with Crippen molar-refractivity contribution in [1.82, 2.24) is 4.90 Å². The van der Waals surface area contributed by atoms with E-state index in [2.05, 4.69) is 5.32 Å². The van der Waals surface area contributed by atoms with E-state index in [9.17, 15) is 9.18 Å². The summed E-state index contributed by atoms with van der Waals surface area (Å²) in [6.07, 6.45) is 4.90. The Morgan fingerprint density at radius 3 is 2.74 bits per heavy atom. The first kappa shape index (κ1) is 13.8. The van der Waals surface area contributed by atoms with Crippen molar-refractivity contribution < 1.29 is 9.18 Å². The summed E-state index contributed by atoms with van der Waals surface area (Å²) in [5.74, 6) is 0.0962. The third kappa shape index (κ3) is 3.06. The monoisotopic (exact) mass is 264 g/mol. The zero-order valence-electron chi connectivity index (χ0n) is 11.6. The lowest BCUT2D eigenvalue weighted by Crippen LogP contribution is -2.31. The Balaban J connectivity index is 2.12. The number of carbonyl (C=O) groups excluding carboxylic acids is 1. The Bertz CT molecular complexity index is 455. The van der Waals surface area contributed by atoms with Crippen LogP contribution in [0.5, 0.6) is 0 Å². The molecule has 1 N–H and O–H groups in total. The fourth-order valence-electron chi connectivity index (χ4n) is 2.83. The molecule has 19 heavy (non-hydrogen) atoms. The number of amides is 1. The zero-order chi connectivity index (χ0) is 13.8. The minimum Gasteiger partial charge on any atom is -0.385 e. The first-order chi connectivity index (χ1) is 9.13. The molecule has 1 saturated carbocycles. The standard InChI is InChI=1S/C15H21FN2O/c1-17-14-12(8-5-9-13(14)16)15(19)18(2)10-11-6-3-4-7-11/h5,8-9,11,17H,3-4,6-7,10H2,1-2H3. The highest BCUT2D eigenvalue weighted by atomic mass is 19.1. The minimum atomic E-state index is -0.386. The summed E-state index contributed by atoms with van der Waals surface area (Å²) in [4.78, 5) is 14.1. The van der Waals surface area contributed by atoms with Crippen molar-refractivity contribution in [3.05, 3.63) is 29.6 Å². The maximum Gasteiger partial charge on any atom is 0.255 e. The Hall–Kier alpha value is -1.58. The maximum atomic E-state index is 13.6. The maximum absolute atomic E-state index is 13.6. The average Bonchev–Trinajstić information content (AvgIpc) is 2.90. The summed E-state index contributed by atoms with van der Waals surface area (Å²) in [5, 5.41) is 2.77. The largest absolute Gasteiger partial charge is 0.385 e. The van der Waals surface area contributed by atoms with Crippen molar-refractivity contribution in [3.63, 3.8) is 0 Å². The van der Waals surface area contributed by atoms with Crippen LogP contribution in [0.2, 0.25) is 0 Å². The molecular weight excluding hydrogens is 243 g/mol. The lowest BCUT2D eigenvalue weighted by atomic mass is 10.1. The van der Waals surface area contributed by atoms with E-state index in [1.54, 1.807) is 31.1 Å². The van der Waals surface area contributed by atoms with Crippen molar-refractivity contribution >= 4 is 11.6 Å². The van der Waals surface area contributed by atoms with Gasteiger partial charge in [0, 0.05) is 20.6 Å². The second-order valence-corrected chi connectivity index (χ2v) is 5.25. The first-order valence-corrected chi connectivity index (χ1v) is 6.85. The van der Waals surface area contributed by atoms with E-state index in [0.717, 1.165) is 6.54 Å². The van der Waals surface area contributed by atoms with Gasteiger partial charge in [0.15, 0.2) is 0 Å². The highest BCUT2D eigenvalue weighted by Crippen LogP contribution is 2.26. The number of nitrogens with zero attached hydrogens (tertiary/aromatic N) is 1. The summed E-state index contributed by atoms with van der Waals surface area (Å²) < 4.78 is 13.6. The highest BCUT2D eigenvalue weighted by Gasteiger charge is 2.22. The number of para-hydroxylation sites is 1. The third-order valence-corrected chi connectivity index (χ3v) is 3.85. The van der Waals surface area contributed by atoms with Gasteiger partial charge in [0.25, 0.3) is 5.91 Å². The van der Waals surface area contributed by atoms with Crippen LogP contribution in [0.1, 0.15) is 36.0 Å². The van der Waals surface area contributed by atoms with E-state index in [4.69, 9.17) is 0 Å². The van der Waals surface area contributed by atoms with Crippen LogP contribution in [0.15, 0.2) is 18.2 Å². The van der Waals surface area contributed by atoms with E-state index in [1.807, 2.05) is 0 Å². The van der Waals surface area contributed by atoms with E-state index < -0.39 is 0 Å². The van der Waals surface area contributed by atoms with Gasteiger partial charge < -0.3 is 10.2 Å². The van der Waals surface area contributed by atoms with Crippen molar-refractivity contribution in [2.24, 2.45) is 5.92 Å². The van der Waals surface area contributed by atoms with Gasteiger partial charge in [-0.3, -0.25) is 4.79 Å². The van der Waals surface area contributed by atoms with Crippen molar-refractivity contribution in [3.8, 4) is 0 Å². The Kier molecular flexibility index (Phi) is 4.40. The summed E-state index contributed by atoms with van der Waals surface area (Å²) in [5.41, 5.74) is 0.689. The van der Waals surface area contributed by atoms with Crippen LogP contribution in [0.4, 0.5) is 10.1 Å². The average molecular weight is 264 g/mol. The number of halogens is 1. The molecule has 0 atom stereocenters. The van der Waals surface area contributed by atoms with Gasteiger partial charge in [-0.15, -0.1) is 0 Å². The van der Waals surface area contributed by atoms with Gasteiger partial charge in [0.2, 0.25) is 0 Å². The molecule has 0 radical (unpaired) electrons. The fourth-order valence-corrected chi connectivity index (χ4v) is 2.83. The smallest absolute Gasteiger partial charge is 0.255 e. The normalized spacial score (nSPS) is 15.5. The summed E-state index contributed by atoms with van der Waals surface area (Å²) in [6, 6.07) is 4.61. The number of nitrogens with one attached hydrogen (secondary N) is 1. The molecule has 4 heteroatoms. The molecule has 0 unspecified atom stereocenters. The van der Waals surface area contributed by atoms with Crippen LogP contribution in [0.3, 0.4) is 0 Å². The number of hydrogen-bond acceptors (Lipinski definition) is 2. The number of anilines is 1. The van der Waals surface area contributed by atoms with Gasteiger partial charge in [-0.25, -0.2) is 4.39 Å². The molecule has 0 heterocycles. The zero-order valence-corrected chi connectivity index (χ0v) is 11.6. The van der Waals surface area contributed by atoms with Crippen molar-refractivity contribution in [1.29, 1.82) is 0 Å². The Morgan fingerprint density at radius 2 is 2.11 bits per heavy atom. The molecule has 0 saturated heterocycles. The lowest BCUT2D eigenvalue weighted by molar-refractivity contribution is 0.0774. The summed E-state index contributed by atoms with van der Waals surface area (Å²) in [6.45, 7) is 0.762. The van der Waals surface area contributed by atoms with Crippen LogP contribution in [-0.4, -0.2) is 31.4 Å². The molecule has 1 aliphatic carbocycles. The van der Waals surface area contributed by atoms with Crippen LogP contribution in [0.25, 0.3) is 0 Å². The van der Waals surface area contributed by atoms with Gasteiger partial charge in [-0.05, 0) is 30.9 Å².